The van der Waals surface area contributed by atoms with E-state index in [1.807, 2.05) is 37.3 Å². The van der Waals surface area contributed by atoms with Gasteiger partial charge in [-0.05, 0) is 31.5 Å². The second-order valence-corrected chi connectivity index (χ2v) is 8.28. The lowest BCUT2D eigenvalue weighted by atomic mass is 10.1. The molecule has 4 aromatic rings. The molecule has 4 rings (SSSR count). The van der Waals surface area contributed by atoms with Gasteiger partial charge in [0.25, 0.3) is 5.56 Å². The number of nitrogens with one attached hydrogen (secondary N) is 2. The number of nitrogens with zero attached hydrogens (tertiary/aromatic N) is 2. The standard InChI is InChI=1S/C25H24N4O4S/c1-3-29-23(31)22-21(18(14-26-22)16-10-6-5-7-11-16)28-25(29)34-15-20(30)27-19-13-9-8-12-17(19)24(32)33-4-2/h5-14,26H,3-4,15H2,1-2H3,(H,27,30). The highest BCUT2D eigenvalue weighted by Crippen LogP contribution is 2.28. The van der Waals surface area contributed by atoms with Crippen molar-refractivity contribution in [3.63, 3.8) is 0 Å². The molecule has 8 nitrogen and oxygen atoms in total. The van der Waals surface area contributed by atoms with Gasteiger partial charge in [0.1, 0.15) is 11.0 Å². The van der Waals surface area contributed by atoms with Crippen LogP contribution in [0.3, 0.4) is 0 Å². The molecule has 2 N–H and O–H groups in total. The minimum Gasteiger partial charge on any atom is -0.462 e. The molecule has 0 saturated carbocycles. The molecule has 0 aliphatic carbocycles. The van der Waals surface area contributed by atoms with Gasteiger partial charge in [-0.3, -0.25) is 14.2 Å². The van der Waals surface area contributed by atoms with Gasteiger partial charge in [-0.1, -0.05) is 54.2 Å². The Kier molecular flexibility index (Phi) is 7.12. The first-order valence-corrected chi connectivity index (χ1v) is 11.9. The largest absolute Gasteiger partial charge is 0.462 e. The number of fused-ring (bicyclic) bond motifs is 1. The summed E-state index contributed by atoms with van der Waals surface area (Å²) >= 11 is 1.17. The lowest BCUT2D eigenvalue weighted by Crippen LogP contribution is -2.23. The third-order valence-electron chi connectivity index (χ3n) is 5.18. The van der Waals surface area contributed by atoms with E-state index < -0.39 is 5.97 Å². The zero-order chi connectivity index (χ0) is 24.1. The molecule has 0 fully saturated rings. The molecule has 174 valence electrons. The Morgan fingerprint density at radius 1 is 1.09 bits per heavy atom. The molecule has 0 aliphatic heterocycles. The van der Waals surface area contributed by atoms with E-state index in [1.165, 1.54) is 16.3 Å². The Bertz CT molecular complexity index is 1400. The number of esters is 1. The molecule has 0 saturated heterocycles. The Morgan fingerprint density at radius 3 is 2.56 bits per heavy atom. The number of carbonyl (C=O) groups excluding carboxylic acids is 2. The van der Waals surface area contributed by atoms with Crippen molar-refractivity contribution >= 4 is 40.4 Å². The van der Waals surface area contributed by atoms with E-state index in [9.17, 15) is 14.4 Å². The Labute approximate surface area is 200 Å². The number of rotatable bonds is 8. The van der Waals surface area contributed by atoms with Gasteiger partial charge >= 0.3 is 5.97 Å². The van der Waals surface area contributed by atoms with E-state index in [0.29, 0.717) is 28.4 Å². The second-order valence-electron chi connectivity index (χ2n) is 7.34. The molecule has 0 radical (unpaired) electrons. The number of carbonyl (C=O) groups is 2. The van der Waals surface area contributed by atoms with E-state index in [2.05, 4.69) is 10.3 Å². The molecular weight excluding hydrogens is 452 g/mol. The van der Waals surface area contributed by atoms with E-state index in [4.69, 9.17) is 9.72 Å². The number of anilines is 1. The maximum Gasteiger partial charge on any atom is 0.340 e. The van der Waals surface area contributed by atoms with Crippen LogP contribution >= 0.6 is 11.8 Å². The highest BCUT2D eigenvalue weighted by molar-refractivity contribution is 7.99. The number of aromatic nitrogens is 3. The van der Waals surface area contributed by atoms with Crippen molar-refractivity contribution in [2.24, 2.45) is 0 Å². The van der Waals surface area contributed by atoms with Crippen molar-refractivity contribution in [2.45, 2.75) is 25.5 Å². The van der Waals surface area contributed by atoms with Crippen molar-refractivity contribution in [1.82, 2.24) is 14.5 Å². The number of para-hydroxylation sites is 1. The molecule has 0 aliphatic rings. The molecular formula is C25H24N4O4S. The minimum absolute atomic E-state index is 0.0141. The Balaban J connectivity index is 1.59. The first kappa shape index (κ1) is 23.3. The van der Waals surface area contributed by atoms with Gasteiger partial charge in [0.2, 0.25) is 5.91 Å². The van der Waals surface area contributed by atoms with Crippen LogP contribution in [-0.2, 0) is 16.1 Å². The molecule has 0 spiro atoms. The summed E-state index contributed by atoms with van der Waals surface area (Å²) in [6, 6.07) is 16.4. The zero-order valence-electron chi connectivity index (χ0n) is 18.8. The van der Waals surface area contributed by atoms with E-state index in [-0.39, 0.29) is 29.4 Å². The van der Waals surface area contributed by atoms with Crippen molar-refractivity contribution in [2.75, 3.05) is 17.7 Å². The van der Waals surface area contributed by atoms with Crippen LogP contribution in [0.2, 0.25) is 0 Å². The number of aromatic amines is 1. The lowest BCUT2D eigenvalue weighted by molar-refractivity contribution is -0.113. The van der Waals surface area contributed by atoms with Crippen LogP contribution in [0.4, 0.5) is 5.69 Å². The smallest absolute Gasteiger partial charge is 0.340 e. The summed E-state index contributed by atoms with van der Waals surface area (Å²) in [5.41, 5.74) is 3.23. The number of H-pyrrole nitrogens is 1. The summed E-state index contributed by atoms with van der Waals surface area (Å²) in [7, 11) is 0. The van der Waals surface area contributed by atoms with Gasteiger partial charge in [-0.15, -0.1) is 0 Å². The lowest BCUT2D eigenvalue weighted by Gasteiger charge is -2.12. The monoisotopic (exact) mass is 476 g/mol. The van der Waals surface area contributed by atoms with Crippen LogP contribution < -0.4 is 10.9 Å². The molecule has 0 bridgehead atoms. The number of benzene rings is 2. The molecule has 2 aromatic carbocycles. The van der Waals surface area contributed by atoms with E-state index >= 15 is 0 Å². The van der Waals surface area contributed by atoms with Crippen molar-refractivity contribution < 1.29 is 14.3 Å². The minimum atomic E-state index is -0.501. The van der Waals surface area contributed by atoms with Crippen molar-refractivity contribution in [3.8, 4) is 11.1 Å². The molecule has 0 unspecified atom stereocenters. The summed E-state index contributed by atoms with van der Waals surface area (Å²) < 4.78 is 6.60. The Morgan fingerprint density at radius 2 is 1.82 bits per heavy atom. The van der Waals surface area contributed by atoms with Gasteiger partial charge in [-0.25, -0.2) is 9.78 Å². The third kappa shape index (κ3) is 4.74. The van der Waals surface area contributed by atoms with E-state index in [1.54, 1.807) is 37.4 Å². The Hall–Kier alpha value is -3.85. The van der Waals surface area contributed by atoms with Crippen molar-refractivity contribution in [3.05, 3.63) is 76.7 Å². The fraction of sp³-hybridized carbons (Fsp3) is 0.200. The summed E-state index contributed by atoms with van der Waals surface area (Å²) in [5, 5.41) is 3.21. The fourth-order valence-corrected chi connectivity index (χ4v) is 4.45. The molecule has 1 amide bonds. The SMILES string of the molecule is CCOC(=O)c1ccccc1NC(=O)CSc1nc2c(-c3ccccc3)c[nH]c2c(=O)n1CC. The topological polar surface area (TPSA) is 106 Å². The molecule has 2 aromatic heterocycles. The van der Waals surface area contributed by atoms with Crippen LogP contribution in [0.25, 0.3) is 22.2 Å². The summed E-state index contributed by atoms with van der Waals surface area (Å²) in [6.45, 7) is 4.23. The average molecular weight is 477 g/mol. The van der Waals surface area contributed by atoms with Gasteiger partial charge in [0.15, 0.2) is 5.16 Å². The number of hydrogen-bond acceptors (Lipinski definition) is 6. The molecule has 9 heteroatoms. The maximum atomic E-state index is 13.1. The average Bonchev–Trinajstić information content (AvgIpc) is 3.28. The van der Waals surface area contributed by atoms with Crippen LogP contribution in [0.5, 0.6) is 0 Å². The predicted molar refractivity (Wildman–Crippen MR) is 133 cm³/mol. The highest BCUT2D eigenvalue weighted by Gasteiger charge is 2.18. The molecule has 0 atom stereocenters. The molecule has 34 heavy (non-hydrogen) atoms. The first-order valence-electron chi connectivity index (χ1n) is 10.9. The van der Waals surface area contributed by atoms with Gasteiger partial charge in [0.05, 0.1) is 23.6 Å². The maximum absolute atomic E-state index is 13.1. The second kappa shape index (κ2) is 10.4. The quantitative estimate of drug-likeness (QED) is 0.223. The summed E-state index contributed by atoms with van der Waals surface area (Å²) in [6.07, 6.45) is 1.78. The number of amides is 1. The van der Waals surface area contributed by atoms with Crippen molar-refractivity contribution in [1.29, 1.82) is 0 Å². The normalized spacial score (nSPS) is 10.9. The number of ether oxygens (including phenoxy) is 1. The van der Waals surface area contributed by atoms with E-state index in [0.717, 1.165) is 11.1 Å². The summed E-state index contributed by atoms with van der Waals surface area (Å²) in [4.78, 5) is 45.7. The van der Waals surface area contributed by atoms with Gasteiger partial charge < -0.3 is 15.0 Å². The van der Waals surface area contributed by atoms with Gasteiger partial charge in [-0.2, -0.15) is 0 Å². The fourth-order valence-electron chi connectivity index (χ4n) is 3.59. The zero-order valence-corrected chi connectivity index (χ0v) is 19.6. The number of hydrogen-bond donors (Lipinski definition) is 2. The third-order valence-corrected chi connectivity index (χ3v) is 6.16. The predicted octanol–water partition coefficient (Wildman–Crippen LogP) is 4.32. The number of thioether (sulfide) groups is 1. The van der Waals surface area contributed by atoms with Crippen LogP contribution in [0.1, 0.15) is 24.2 Å². The van der Waals surface area contributed by atoms with Crippen LogP contribution in [-0.4, -0.2) is 38.8 Å². The van der Waals surface area contributed by atoms with Crippen LogP contribution in [0.15, 0.2) is 70.7 Å². The van der Waals surface area contributed by atoms with Crippen LogP contribution in [0, 0.1) is 0 Å². The highest BCUT2D eigenvalue weighted by atomic mass is 32.2. The molecule has 2 heterocycles. The first-order chi connectivity index (χ1) is 16.5. The summed E-state index contributed by atoms with van der Waals surface area (Å²) in [5.74, 6) is -0.810. The van der Waals surface area contributed by atoms with Gasteiger partial charge in [0, 0.05) is 18.3 Å².